The number of nitrogens with zero attached hydrogens (tertiary/aromatic N) is 1. The maximum Gasteiger partial charge on any atom is 0.228 e. The van der Waals surface area contributed by atoms with Crippen LogP contribution < -0.4 is 5.32 Å². The topological polar surface area (TPSA) is 66.5 Å². The molecule has 0 radical (unpaired) electrons. The lowest BCUT2D eigenvalue weighted by atomic mass is 9.98. The van der Waals surface area contributed by atoms with Crippen LogP contribution in [-0.2, 0) is 20.6 Å². The van der Waals surface area contributed by atoms with Gasteiger partial charge in [0.15, 0.2) is 11.6 Å². The van der Waals surface area contributed by atoms with Crippen molar-refractivity contribution in [3.05, 3.63) is 64.7 Å². The van der Waals surface area contributed by atoms with Gasteiger partial charge in [-0.15, -0.1) is 0 Å². The molecule has 1 aliphatic heterocycles. The van der Waals surface area contributed by atoms with Crippen LogP contribution in [0.25, 0.3) is 0 Å². The molecule has 1 N–H and O–H groups in total. The van der Waals surface area contributed by atoms with Crippen molar-refractivity contribution in [2.45, 2.75) is 18.6 Å². The van der Waals surface area contributed by atoms with Crippen LogP contribution in [0.4, 0.5) is 14.5 Å². The van der Waals surface area contributed by atoms with Crippen molar-refractivity contribution < 1.29 is 22.0 Å². The summed E-state index contributed by atoms with van der Waals surface area (Å²) in [6.45, 7) is 0.351. The molecule has 1 fully saturated rings. The number of nitrogens with one attached hydrogen (secondary N) is 1. The molecule has 1 aliphatic rings. The Labute approximate surface area is 167 Å². The molecule has 5 nitrogen and oxygen atoms in total. The van der Waals surface area contributed by atoms with E-state index in [1.165, 1.54) is 10.4 Å². The fraction of sp³-hybridized carbons (Fsp3) is 0.316. The minimum atomic E-state index is -3.65. The van der Waals surface area contributed by atoms with Gasteiger partial charge in [-0.2, -0.15) is 0 Å². The Hall–Kier alpha value is -2.03. The molecule has 1 saturated heterocycles. The van der Waals surface area contributed by atoms with Gasteiger partial charge in [-0.1, -0.05) is 29.8 Å². The fourth-order valence-corrected chi connectivity index (χ4v) is 5.05. The first kappa shape index (κ1) is 20.7. The third-order valence-corrected chi connectivity index (χ3v) is 6.79. The third-order valence-electron chi connectivity index (χ3n) is 4.63. The Kier molecular flexibility index (Phi) is 6.32. The van der Waals surface area contributed by atoms with E-state index in [0.29, 0.717) is 30.0 Å². The largest absolute Gasteiger partial charge is 0.326 e. The standard InChI is InChI=1S/C19H19ClF2N2O3S/c20-16-6-2-1-4-14(16)12-28(26,27)24-9-3-5-13(11-24)19(25)23-15-7-8-17(21)18(22)10-15/h1-2,4,6-8,10,13H,3,5,9,11-12H2,(H,23,25)/t13-/m1/s1. The van der Waals surface area contributed by atoms with Gasteiger partial charge in [-0.05, 0) is 36.6 Å². The second kappa shape index (κ2) is 8.55. The smallest absolute Gasteiger partial charge is 0.228 e. The molecule has 0 aliphatic carbocycles. The van der Waals surface area contributed by atoms with Gasteiger partial charge in [0.2, 0.25) is 15.9 Å². The van der Waals surface area contributed by atoms with Gasteiger partial charge in [0, 0.05) is 29.9 Å². The van der Waals surface area contributed by atoms with Crippen LogP contribution in [-0.4, -0.2) is 31.7 Å². The number of piperidine rings is 1. The molecule has 1 amide bonds. The SMILES string of the molecule is O=C(Nc1ccc(F)c(F)c1)[C@@H]1CCCN(S(=O)(=O)Cc2ccccc2Cl)C1. The van der Waals surface area contributed by atoms with Crippen molar-refractivity contribution >= 4 is 33.2 Å². The van der Waals surface area contributed by atoms with Crippen LogP contribution in [0.3, 0.4) is 0 Å². The van der Waals surface area contributed by atoms with Crippen LogP contribution in [0.5, 0.6) is 0 Å². The van der Waals surface area contributed by atoms with Crippen LogP contribution >= 0.6 is 11.6 Å². The summed E-state index contributed by atoms with van der Waals surface area (Å²) in [6.07, 6.45) is 1.03. The number of halogens is 3. The molecule has 1 atom stereocenters. The fourth-order valence-electron chi connectivity index (χ4n) is 3.13. The highest BCUT2D eigenvalue weighted by Gasteiger charge is 2.32. The number of anilines is 1. The highest BCUT2D eigenvalue weighted by molar-refractivity contribution is 7.88. The molecule has 0 bridgehead atoms. The summed E-state index contributed by atoms with van der Waals surface area (Å²) in [4.78, 5) is 12.5. The van der Waals surface area contributed by atoms with E-state index in [-0.39, 0.29) is 18.0 Å². The quantitative estimate of drug-likeness (QED) is 0.787. The second-order valence-electron chi connectivity index (χ2n) is 6.66. The Balaban J connectivity index is 1.68. The van der Waals surface area contributed by atoms with Gasteiger partial charge in [0.05, 0.1) is 11.7 Å². The highest BCUT2D eigenvalue weighted by Crippen LogP contribution is 2.25. The number of hydrogen-bond donors (Lipinski definition) is 1. The summed E-state index contributed by atoms with van der Waals surface area (Å²) >= 11 is 6.06. The Bertz CT molecular complexity index is 985. The zero-order valence-electron chi connectivity index (χ0n) is 14.9. The number of carbonyl (C=O) groups is 1. The zero-order chi connectivity index (χ0) is 20.3. The van der Waals surface area contributed by atoms with Crippen LogP contribution in [0.1, 0.15) is 18.4 Å². The van der Waals surface area contributed by atoms with E-state index in [9.17, 15) is 22.0 Å². The third kappa shape index (κ3) is 4.87. The molecule has 0 aromatic heterocycles. The predicted molar refractivity (Wildman–Crippen MR) is 103 cm³/mol. The molecule has 150 valence electrons. The van der Waals surface area contributed by atoms with E-state index in [0.717, 1.165) is 12.1 Å². The lowest BCUT2D eigenvalue weighted by Crippen LogP contribution is -2.44. The van der Waals surface area contributed by atoms with Gasteiger partial charge in [0.25, 0.3) is 0 Å². The first-order chi connectivity index (χ1) is 13.3. The maximum absolute atomic E-state index is 13.3. The number of sulfonamides is 1. The molecule has 0 saturated carbocycles. The lowest BCUT2D eigenvalue weighted by molar-refractivity contribution is -0.120. The summed E-state index contributed by atoms with van der Waals surface area (Å²) < 4.78 is 53.1. The summed E-state index contributed by atoms with van der Waals surface area (Å²) in [5, 5.41) is 2.89. The van der Waals surface area contributed by atoms with Crippen molar-refractivity contribution in [1.29, 1.82) is 0 Å². The molecule has 2 aromatic carbocycles. The number of benzene rings is 2. The summed E-state index contributed by atoms with van der Waals surface area (Å²) in [5.41, 5.74) is 0.623. The van der Waals surface area contributed by atoms with Crippen molar-refractivity contribution in [2.24, 2.45) is 5.92 Å². The minimum absolute atomic E-state index is 0.0301. The van der Waals surface area contributed by atoms with E-state index in [2.05, 4.69) is 5.32 Å². The van der Waals surface area contributed by atoms with Crippen molar-refractivity contribution in [3.8, 4) is 0 Å². The predicted octanol–water partition coefficient (Wildman–Crippen LogP) is 3.80. The molecule has 0 unspecified atom stereocenters. The first-order valence-corrected chi connectivity index (χ1v) is 10.7. The van der Waals surface area contributed by atoms with E-state index in [4.69, 9.17) is 11.6 Å². The summed E-state index contributed by atoms with van der Waals surface area (Å²) in [6, 6.07) is 9.78. The van der Waals surface area contributed by atoms with Gasteiger partial charge < -0.3 is 5.32 Å². The number of hydrogen-bond acceptors (Lipinski definition) is 3. The van der Waals surface area contributed by atoms with Crippen molar-refractivity contribution in [2.75, 3.05) is 18.4 Å². The monoisotopic (exact) mass is 428 g/mol. The van der Waals surface area contributed by atoms with Crippen molar-refractivity contribution in [3.63, 3.8) is 0 Å². The Morgan fingerprint density at radius 3 is 2.64 bits per heavy atom. The lowest BCUT2D eigenvalue weighted by Gasteiger charge is -2.31. The first-order valence-electron chi connectivity index (χ1n) is 8.73. The van der Waals surface area contributed by atoms with Crippen LogP contribution in [0.2, 0.25) is 5.02 Å². The van der Waals surface area contributed by atoms with Crippen molar-refractivity contribution in [1.82, 2.24) is 4.31 Å². The second-order valence-corrected chi connectivity index (χ2v) is 9.04. The molecule has 3 rings (SSSR count). The molecule has 1 heterocycles. The van der Waals surface area contributed by atoms with E-state index in [1.807, 2.05) is 0 Å². The van der Waals surface area contributed by atoms with Gasteiger partial charge >= 0.3 is 0 Å². The summed E-state index contributed by atoms with van der Waals surface area (Å²) in [7, 11) is -3.65. The normalized spacial score (nSPS) is 18.0. The average Bonchev–Trinajstić information content (AvgIpc) is 2.66. The molecule has 2 aromatic rings. The molecular formula is C19H19ClF2N2O3S. The number of amides is 1. The van der Waals surface area contributed by atoms with E-state index in [1.54, 1.807) is 24.3 Å². The van der Waals surface area contributed by atoms with E-state index < -0.39 is 33.5 Å². The van der Waals surface area contributed by atoms with Gasteiger partial charge in [-0.3, -0.25) is 4.79 Å². The number of rotatable bonds is 5. The molecule has 28 heavy (non-hydrogen) atoms. The van der Waals surface area contributed by atoms with Gasteiger partial charge in [-0.25, -0.2) is 21.5 Å². The highest BCUT2D eigenvalue weighted by atomic mass is 35.5. The van der Waals surface area contributed by atoms with E-state index >= 15 is 0 Å². The average molecular weight is 429 g/mol. The minimum Gasteiger partial charge on any atom is -0.326 e. The van der Waals surface area contributed by atoms with Gasteiger partial charge in [0.1, 0.15) is 0 Å². The van der Waals surface area contributed by atoms with Crippen LogP contribution in [0.15, 0.2) is 42.5 Å². The molecule has 9 heteroatoms. The zero-order valence-corrected chi connectivity index (χ0v) is 16.4. The number of carbonyl (C=O) groups excluding carboxylic acids is 1. The molecular weight excluding hydrogens is 410 g/mol. The summed E-state index contributed by atoms with van der Waals surface area (Å²) in [5.74, 6) is -3.33. The Morgan fingerprint density at radius 1 is 1.18 bits per heavy atom. The van der Waals surface area contributed by atoms with Crippen LogP contribution in [0, 0.1) is 17.6 Å². The maximum atomic E-state index is 13.3. The Morgan fingerprint density at radius 2 is 1.93 bits per heavy atom. The molecule has 0 spiro atoms.